The van der Waals surface area contributed by atoms with Crippen LogP contribution in [-0.2, 0) is 17.6 Å². The van der Waals surface area contributed by atoms with Crippen LogP contribution in [0.15, 0.2) is 30.3 Å². The van der Waals surface area contributed by atoms with Gasteiger partial charge in [0.05, 0.1) is 6.10 Å². The number of benzene rings is 1. The highest BCUT2D eigenvalue weighted by Gasteiger charge is 2.26. The zero-order chi connectivity index (χ0) is 16.4. The van der Waals surface area contributed by atoms with Gasteiger partial charge in [-0.1, -0.05) is 30.3 Å². The molecule has 4 heteroatoms. The van der Waals surface area contributed by atoms with E-state index in [0.29, 0.717) is 6.04 Å². The first-order valence-corrected chi connectivity index (χ1v) is 9.09. The highest BCUT2D eigenvalue weighted by Crippen LogP contribution is 2.31. The van der Waals surface area contributed by atoms with Crippen molar-refractivity contribution in [2.24, 2.45) is 0 Å². The number of fused-ring (bicyclic) bond motifs is 1. The molecule has 0 spiro atoms. The summed E-state index contributed by atoms with van der Waals surface area (Å²) in [6.45, 7) is 2.79. The lowest BCUT2D eigenvalue weighted by molar-refractivity contribution is 0.00973. The third-order valence-corrected chi connectivity index (χ3v) is 5.09. The van der Waals surface area contributed by atoms with E-state index in [0.717, 1.165) is 43.9 Å². The lowest BCUT2D eigenvalue weighted by Crippen LogP contribution is -2.31. The van der Waals surface area contributed by atoms with Gasteiger partial charge < -0.3 is 10.1 Å². The first-order chi connectivity index (χ1) is 11.8. The fourth-order valence-corrected chi connectivity index (χ4v) is 3.86. The minimum atomic E-state index is 0.177. The second-order valence-corrected chi connectivity index (χ2v) is 6.89. The van der Waals surface area contributed by atoms with Crippen LogP contribution in [0.4, 0.5) is 5.82 Å². The molecule has 4 rings (SSSR count). The van der Waals surface area contributed by atoms with Gasteiger partial charge in [0.25, 0.3) is 0 Å². The third kappa shape index (κ3) is 3.29. The minimum Gasteiger partial charge on any atom is -0.373 e. The van der Waals surface area contributed by atoms with Crippen molar-refractivity contribution in [3.63, 3.8) is 0 Å². The molecule has 2 aromatic rings. The molecule has 2 heterocycles. The van der Waals surface area contributed by atoms with Crippen molar-refractivity contribution in [3.8, 4) is 0 Å². The fraction of sp³-hybridized carbons (Fsp3) is 0.500. The molecule has 0 radical (unpaired) electrons. The SMILES string of the molecule is Cc1nc2c(c(NC3CCOC(c4ccccc4)C3)n1)CCCC2. The summed E-state index contributed by atoms with van der Waals surface area (Å²) in [6, 6.07) is 10.9. The normalized spacial score (nSPS) is 23.5. The summed E-state index contributed by atoms with van der Waals surface area (Å²) >= 11 is 0. The van der Waals surface area contributed by atoms with E-state index in [1.807, 2.05) is 6.92 Å². The first-order valence-electron chi connectivity index (χ1n) is 9.09. The van der Waals surface area contributed by atoms with E-state index in [1.165, 1.54) is 29.7 Å². The van der Waals surface area contributed by atoms with Gasteiger partial charge in [0.2, 0.25) is 0 Å². The molecule has 0 saturated carbocycles. The predicted octanol–water partition coefficient (Wildman–Crippen LogP) is 4.00. The van der Waals surface area contributed by atoms with Crippen LogP contribution in [0.1, 0.15) is 54.4 Å². The Kier molecular flexibility index (Phi) is 4.48. The summed E-state index contributed by atoms with van der Waals surface area (Å²) in [5.74, 6) is 1.95. The zero-order valence-electron chi connectivity index (χ0n) is 14.3. The molecular formula is C20H25N3O. The summed E-state index contributed by atoms with van der Waals surface area (Å²) < 4.78 is 6.00. The number of aromatic nitrogens is 2. The highest BCUT2D eigenvalue weighted by molar-refractivity contribution is 5.48. The maximum atomic E-state index is 6.00. The molecule has 2 atom stereocenters. The zero-order valence-corrected chi connectivity index (χ0v) is 14.3. The van der Waals surface area contributed by atoms with Crippen molar-refractivity contribution in [1.82, 2.24) is 9.97 Å². The Hall–Kier alpha value is -1.94. The van der Waals surface area contributed by atoms with E-state index < -0.39 is 0 Å². The van der Waals surface area contributed by atoms with Crippen LogP contribution in [0.5, 0.6) is 0 Å². The lowest BCUT2D eigenvalue weighted by atomic mass is 9.94. The van der Waals surface area contributed by atoms with Gasteiger partial charge in [0.15, 0.2) is 0 Å². The topological polar surface area (TPSA) is 47.0 Å². The summed E-state index contributed by atoms with van der Waals surface area (Å²) in [4.78, 5) is 9.37. The number of rotatable bonds is 3. The van der Waals surface area contributed by atoms with Crippen LogP contribution in [0.25, 0.3) is 0 Å². The second-order valence-electron chi connectivity index (χ2n) is 6.89. The molecule has 2 aliphatic rings. The van der Waals surface area contributed by atoms with Crippen LogP contribution < -0.4 is 5.32 Å². The standard InChI is InChI=1S/C20H25N3O/c1-14-21-18-10-6-5-9-17(18)20(22-14)23-16-11-12-24-19(13-16)15-7-3-2-4-8-15/h2-4,7-8,16,19H,5-6,9-13H2,1H3,(H,21,22,23). The van der Waals surface area contributed by atoms with Crippen molar-refractivity contribution < 1.29 is 4.74 Å². The molecule has 2 unspecified atom stereocenters. The van der Waals surface area contributed by atoms with Crippen molar-refractivity contribution in [2.45, 2.75) is 57.6 Å². The Morgan fingerprint density at radius 2 is 1.92 bits per heavy atom. The van der Waals surface area contributed by atoms with Crippen LogP contribution in [0, 0.1) is 6.92 Å². The molecular weight excluding hydrogens is 298 g/mol. The molecule has 0 bridgehead atoms. The van der Waals surface area contributed by atoms with E-state index in [9.17, 15) is 0 Å². The fourth-order valence-electron chi connectivity index (χ4n) is 3.86. The first kappa shape index (κ1) is 15.6. The molecule has 1 aliphatic heterocycles. The molecule has 1 saturated heterocycles. The molecule has 126 valence electrons. The van der Waals surface area contributed by atoms with Crippen LogP contribution in [-0.4, -0.2) is 22.6 Å². The van der Waals surface area contributed by atoms with E-state index >= 15 is 0 Å². The summed E-state index contributed by atoms with van der Waals surface area (Å²) in [7, 11) is 0. The monoisotopic (exact) mass is 323 g/mol. The number of aryl methyl sites for hydroxylation is 2. The van der Waals surface area contributed by atoms with Crippen molar-refractivity contribution in [1.29, 1.82) is 0 Å². The molecule has 4 nitrogen and oxygen atoms in total. The van der Waals surface area contributed by atoms with Gasteiger partial charge in [-0.3, -0.25) is 0 Å². The Morgan fingerprint density at radius 3 is 2.79 bits per heavy atom. The Balaban J connectivity index is 1.52. The van der Waals surface area contributed by atoms with Crippen LogP contribution >= 0.6 is 0 Å². The van der Waals surface area contributed by atoms with Crippen LogP contribution in [0.3, 0.4) is 0 Å². The van der Waals surface area contributed by atoms with Crippen LogP contribution in [0.2, 0.25) is 0 Å². The van der Waals surface area contributed by atoms with E-state index in [-0.39, 0.29) is 6.10 Å². The Labute approximate surface area is 143 Å². The minimum absolute atomic E-state index is 0.177. The molecule has 1 fully saturated rings. The maximum Gasteiger partial charge on any atom is 0.133 e. The molecule has 1 aromatic carbocycles. The third-order valence-electron chi connectivity index (χ3n) is 5.09. The number of nitrogens with zero attached hydrogens (tertiary/aromatic N) is 2. The Morgan fingerprint density at radius 1 is 1.08 bits per heavy atom. The van der Waals surface area contributed by atoms with Gasteiger partial charge in [-0.05, 0) is 51.0 Å². The quantitative estimate of drug-likeness (QED) is 0.927. The number of ether oxygens (including phenoxy) is 1. The van der Waals surface area contributed by atoms with E-state index in [2.05, 4.69) is 40.6 Å². The molecule has 1 N–H and O–H groups in total. The van der Waals surface area contributed by atoms with Crippen molar-refractivity contribution >= 4 is 5.82 Å². The highest BCUT2D eigenvalue weighted by atomic mass is 16.5. The summed E-state index contributed by atoms with van der Waals surface area (Å²) in [5.41, 5.74) is 3.86. The predicted molar refractivity (Wildman–Crippen MR) is 95.2 cm³/mol. The van der Waals surface area contributed by atoms with Gasteiger partial charge in [0.1, 0.15) is 11.6 Å². The Bertz CT molecular complexity index is 702. The molecule has 0 amide bonds. The molecule has 24 heavy (non-hydrogen) atoms. The smallest absolute Gasteiger partial charge is 0.133 e. The largest absolute Gasteiger partial charge is 0.373 e. The van der Waals surface area contributed by atoms with E-state index in [1.54, 1.807) is 0 Å². The van der Waals surface area contributed by atoms with Crippen molar-refractivity contribution in [3.05, 3.63) is 53.0 Å². The van der Waals surface area contributed by atoms with E-state index in [4.69, 9.17) is 9.72 Å². The average molecular weight is 323 g/mol. The van der Waals surface area contributed by atoms with Gasteiger partial charge in [-0.15, -0.1) is 0 Å². The van der Waals surface area contributed by atoms with Gasteiger partial charge in [-0.2, -0.15) is 0 Å². The maximum absolute atomic E-state index is 6.00. The van der Waals surface area contributed by atoms with Gasteiger partial charge in [0, 0.05) is 23.9 Å². The number of anilines is 1. The number of hydrogen-bond acceptors (Lipinski definition) is 4. The average Bonchev–Trinajstić information content (AvgIpc) is 2.62. The molecule has 1 aromatic heterocycles. The van der Waals surface area contributed by atoms with Gasteiger partial charge >= 0.3 is 0 Å². The number of nitrogens with one attached hydrogen (secondary N) is 1. The summed E-state index contributed by atoms with van der Waals surface area (Å²) in [5, 5.41) is 3.72. The summed E-state index contributed by atoms with van der Waals surface area (Å²) in [6.07, 6.45) is 6.88. The second kappa shape index (κ2) is 6.89. The van der Waals surface area contributed by atoms with Crippen molar-refractivity contribution in [2.75, 3.05) is 11.9 Å². The van der Waals surface area contributed by atoms with Gasteiger partial charge in [-0.25, -0.2) is 9.97 Å². The molecule has 1 aliphatic carbocycles. The lowest BCUT2D eigenvalue weighted by Gasteiger charge is -2.32. The number of hydrogen-bond donors (Lipinski definition) is 1.